The summed E-state index contributed by atoms with van der Waals surface area (Å²) in [4.78, 5) is 0. The summed E-state index contributed by atoms with van der Waals surface area (Å²) in [7, 11) is 0. The van der Waals surface area contributed by atoms with Crippen molar-refractivity contribution in [2.45, 2.75) is 0 Å². The first-order chi connectivity index (χ1) is 7.42. The number of fused-ring (bicyclic) bond motifs is 1. The van der Waals surface area contributed by atoms with E-state index in [0.717, 1.165) is 11.9 Å². The maximum absolute atomic E-state index is 8.54. The average Bonchev–Trinajstić information content (AvgIpc) is 2.30. The van der Waals surface area contributed by atoms with E-state index in [-0.39, 0.29) is 0 Å². The lowest BCUT2D eigenvalue weighted by atomic mass is 10.1. The lowest BCUT2D eigenvalue weighted by Gasteiger charge is -2.07. The number of hydrogen-bond donors (Lipinski definition) is 2. The van der Waals surface area contributed by atoms with Crippen molar-refractivity contribution in [2.75, 3.05) is 11.9 Å². The van der Waals surface area contributed by atoms with Gasteiger partial charge in [0.1, 0.15) is 0 Å². The van der Waals surface area contributed by atoms with Gasteiger partial charge in [-0.15, -0.1) is 0 Å². The zero-order chi connectivity index (χ0) is 10.5. The zero-order valence-electron chi connectivity index (χ0n) is 8.35. The predicted octanol–water partition coefficient (Wildman–Crippen LogP) is 3.32. The van der Waals surface area contributed by atoms with E-state index in [1.807, 2.05) is 24.3 Å². The number of nitrogens with one attached hydrogen (secondary N) is 1. The molecule has 0 spiro atoms. The molecule has 76 valence electrons. The topological polar surface area (TPSA) is 32.3 Å². The molecule has 0 aliphatic rings. The number of benzene rings is 2. The van der Waals surface area contributed by atoms with Crippen LogP contribution < -0.4 is 5.32 Å². The van der Waals surface area contributed by atoms with Crippen LogP contribution in [0.5, 0.6) is 0 Å². The molecule has 0 saturated carbocycles. The van der Waals surface area contributed by atoms with Gasteiger partial charge in [0.05, 0.1) is 6.26 Å². The van der Waals surface area contributed by atoms with Gasteiger partial charge in [-0.3, -0.25) is 0 Å². The molecule has 2 aromatic carbocycles. The fraction of sp³-hybridized carbons (Fsp3) is 0.0769. The Bertz CT molecular complexity index is 471. The summed E-state index contributed by atoms with van der Waals surface area (Å²) in [5.74, 6) is 0. The molecule has 2 heteroatoms. The normalized spacial score (nSPS) is 10.9. The molecule has 0 aromatic heterocycles. The maximum Gasteiger partial charge on any atom is 0.0769 e. The molecule has 0 aliphatic carbocycles. The first kappa shape index (κ1) is 9.59. The largest absolute Gasteiger partial charge is 0.516 e. The van der Waals surface area contributed by atoms with Crippen LogP contribution in [0.1, 0.15) is 0 Å². The Hall–Kier alpha value is -1.96. The monoisotopic (exact) mass is 199 g/mol. The van der Waals surface area contributed by atoms with Crippen LogP contribution in [0, 0.1) is 0 Å². The van der Waals surface area contributed by atoms with Crippen LogP contribution in [0.15, 0.2) is 54.8 Å². The Morgan fingerprint density at radius 3 is 2.73 bits per heavy atom. The van der Waals surface area contributed by atoms with Crippen LogP contribution in [0.3, 0.4) is 0 Å². The van der Waals surface area contributed by atoms with Gasteiger partial charge in [0.25, 0.3) is 0 Å². The predicted molar refractivity (Wildman–Crippen MR) is 64.2 cm³/mol. The van der Waals surface area contributed by atoms with Gasteiger partial charge in [-0.05, 0) is 17.5 Å². The summed E-state index contributed by atoms with van der Waals surface area (Å²) in [6, 6.07) is 14.4. The SMILES string of the molecule is OC=CCNc1cccc2ccccc12. The summed E-state index contributed by atoms with van der Waals surface area (Å²) in [6.45, 7) is 0.629. The minimum atomic E-state index is 0.629. The van der Waals surface area contributed by atoms with Gasteiger partial charge in [0.2, 0.25) is 0 Å². The molecular formula is C13H13NO. The van der Waals surface area contributed by atoms with Crippen molar-refractivity contribution in [1.29, 1.82) is 0 Å². The molecule has 2 N–H and O–H groups in total. The van der Waals surface area contributed by atoms with Crippen LogP contribution in [0.2, 0.25) is 0 Å². The molecule has 15 heavy (non-hydrogen) atoms. The van der Waals surface area contributed by atoms with Crippen LogP contribution in [0.4, 0.5) is 5.69 Å². The van der Waals surface area contributed by atoms with Crippen molar-refractivity contribution in [3.63, 3.8) is 0 Å². The Kier molecular flexibility index (Phi) is 2.88. The number of anilines is 1. The second-order valence-electron chi connectivity index (χ2n) is 3.29. The van der Waals surface area contributed by atoms with E-state index in [2.05, 4.69) is 23.5 Å². The van der Waals surface area contributed by atoms with Crippen LogP contribution in [-0.4, -0.2) is 11.7 Å². The minimum absolute atomic E-state index is 0.629. The highest BCUT2D eigenvalue weighted by Gasteiger charge is 1.97. The second kappa shape index (κ2) is 4.51. The van der Waals surface area contributed by atoms with E-state index < -0.39 is 0 Å². The Balaban J connectivity index is 2.34. The van der Waals surface area contributed by atoms with Crippen LogP contribution >= 0.6 is 0 Å². The molecule has 2 nitrogen and oxygen atoms in total. The van der Waals surface area contributed by atoms with E-state index in [1.54, 1.807) is 6.08 Å². The third-order valence-electron chi connectivity index (χ3n) is 2.31. The minimum Gasteiger partial charge on any atom is -0.516 e. The molecule has 0 atom stereocenters. The quantitative estimate of drug-likeness (QED) is 0.743. The van der Waals surface area contributed by atoms with Crippen molar-refractivity contribution in [2.24, 2.45) is 0 Å². The molecule has 0 saturated heterocycles. The molecule has 2 rings (SSSR count). The number of aliphatic hydroxyl groups is 1. The first-order valence-electron chi connectivity index (χ1n) is 4.92. The molecule has 0 bridgehead atoms. The highest BCUT2D eigenvalue weighted by molar-refractivity contribution is 5.93. The molecule has 0 fully saturated rings. The lowest BCUT2D eigenvalue weighted by Crippen LogP contribution is -1.98. The summed E-state index contributed by atoms with van der Waals surface area (Å²) in [5.41, 5.74) is 1.09. The molecule has 0 amide bonds. The van der Waals surface area contributed by atoms with Crippen molar-refractivity contribution in [3.8, 4) is 0 Å². The third kappa shape index (κ3) is 2.10. The van der Waals surface area contributed by atoms with E-state index in [4.69, 9.17) is 5.11 Å². The maximum atomic E-state index is 8.54. The number of aliphatic hydroxyl groups excluding tert-OH is 1. The number of rotatable bonds is 3. The highest BCUT2D eigenvalue weighted by Crippen LogP contribution is 2.22. The van der Waals surface area contributed by atoms with Gasteiger partial charge in [-0.2, -0.15) is 0 Å². The smallest absolute Gasteiger partial charge is 0.0769 e. The molecule has 0 radical (unpaired) electrons. The lowest BCUT2D eigenvalue weighted by molar-refractivity contribution is 0.472. The van der Waals surface area contributed by atoms with Crippen molar-refractivity contribution >= 4 is 16.5 Å². The molecular weight excluding hydrogens is 186 g/mol. The van der Waals surface area contributed by atoms with Gasteiger partial charge < -0.3 is 10.4 Å². The van der Waals surface area contributed by atoms with Crippen molar-refractivity contribution < 1.29 is 5.11 Å². The summed E-state index contributed by atoms with van der Waals surface area (Å²) in [6.07, 6.45) is 2.72. The fourth-order valence-corrected chi connectivity index (χ4v) is 1.60. The third-order valence-corrected chi connectivity index (χ3v) is 2.31. The summed E-state index contributed by atoms with van der Waals surface area (Å²) in [5, 5.41) is 14.2. The van der Waals surface area contributed by atoms with E-state index in [0.29, 0.717) is 6.54 Å². The molecule has 2 aromatic rings. The summed E-state index contributed by atoms with van der Waals surface area (Å²) < 4.78 is 0. The van der Waals surface area contributed by atoms with Crippen molar-refractivity contribution in [1.82, 2.24) is 0 Å². The fourth-order valence-electron chi connectivity index (χ4n) is 1.60. The van der Waals surface area contributed by atoms with E-state index >= 15 is 0 Å². The molecule has 0 unspecified atom stereocenters. The Morgan fingerprint density at radius 1 is 1.07 bits per heavy atom. The van der Waals surface area contributed by atoms with Gasteiger partial charge in [0, 0.05) is 17.6 Å². The Morgan fingerprint density at radius 2 is 1.87 bits per heavy atom. The average molecular weight is 199 g/mol. The van der Waals surface area contributed by atoms with Crippen LogP contribution in [0.25, 0.3) is 10.8 Å². The molecule has 0 heterocycles. The van der Waals surface area contributed by atoms with Gasteiger partial charge in [0.15, 0.2) is 0 Å². The molecule has 0 aliphatic heterocycles. The van der Waals surface area contributed by atoms with Crippen LogP contribution in [-0.2, 0) is 0 Å². The van der Waals surface area contributed by atoms with Gasteiger partial charge >= 0.3 is 0 Å². The van der Waals surface area contributed by atoms with E-state index in [9.17, 15) is 0 Å². The zero-order valence-corrected chi connectivity index (χ0v) is 8.35. The van der Waals surface area contributed by atoms with E-state index in [1.165, 1.54) is 10.8 Å². The second-order valence-corrected chi connectivity index (χ2v) is 3.29. The van der Waals surface area contributed by atoms with Gasteiger partial charge in [-0.25, -0.2) is 0 Å². The number of hydrogen-bond acceptors (Lipinski definition) is 2. The summed E-state index contributed by atoms with van der Waals surface area (Å²) >= 11 is 0. The Labute approximate surface area is 88.9 Å². The standard InChI is InChI=1S/C13H13NO/c15-10-4-9-14-13-8-3-6-11-5-1-2-7-12(11)13/h1-8,10,14-15H,9H2. The van der Waals surface area contributed by atoms with Crippen molar-refractivity contribution in [3.05, 3.63) is 54.8 Å². The highest BCUT2D eigenvalue weighted by atomic mass is 16.2. The van der Waals surface area contributed by atoms with Gasteiger partial charge in [-0.1, -0.05) is 36.4 Å². The first-order valence-corrected chi connectivity index (χ1v) is 4.92.